The highest BCUT2D eigenvalue weighted by atomic mass is 16.5. The van der Waals surface area contributed by atoms with Gasteiger partial charge in [-0.2, -0.15) is 0 Å². The zero-order chi connectivity index (χ0) is 19.8. The van der Waals surface area contributed by atoms with E-state index in [0.717, 1.165) is 18.5 Å². The molecule has 2 aromatic rings. The third kappa shape index (κ3) is 5.34. The molecule has 0 aromatic heterocycles. The molecule has 2 rings (SSSR count). The molecule has 0 atom stereocenters. The van der Waals surface area contributed by atoms with E-state index in [-0.39, 0.29) is 5.78 Å². The third-order valence-electron chi connectivity index (χ3n) is 4.24. The number of rotatable bonds is 9. The van der Waals surface area contributed by atoms with Gasteiger partial charge in [0, 0.05) is 17.7 Å². The van der Waals surface area contributed by atoms with E-state index < -0.39 is 0 Å². The zero-order valence-electron chi connectivity index (χ0n) is 16.6. The number of allylic oxidation sites excluding steroid dienone is 1. The molecule has 0 heterocycles. The van der Waals surface area contributed by atoms with Crippen LogP contribution in [0.2, 0.25) is 0 Å². The summed E-state index contributed by atoms with van der Waals surface area (Å²) in [6.07, 6.45) is 4.22. The van der Waals surface area contributed by atoms with Crippen LogP contribution in [-0.4, -0.2) is 52.7 Å². The Morgan fingerprint density at radius 2 is 1.59 bits per heavy atom. The van der Waals surface area contributed by atoms with Gasteiger partial charge in [0.15, 0.2) is 17.3 Å². The van der Waals surface area contributed by atoms with Crippen molar-refractivity contribution in [3.05, 3.63) is 59.2 Å². The van der Waals surface area contributed by atoms with Crippen molar-refractivity contribution < 1.29 is 19.0 Å². The van der Waals surface area contributed by atoms with Crippen molar-refractivity contribution in [3.8, 4) is 17.2 Å². The first kappa shape index (κ1) is 20.5. The number of benzene rings is 2. The Bertz CT molecular complexity index is 795. The van der Waals surface area contributed by atoms with Gasteiger partial charge < -0.3 is 19.1 Å². The van der Waals surface area contributed by atoms with E-state index in [1.54, 1.807) is 39.5 Å². The minimum absolute atomic E-state index is 0.0639. The molecule has 0 aliphatic carbocycles. The Balaban J connectivity index is 2.17. The van der Waals surface area contributed by atoms with Crippen LogP contribution in [0.1, 0.15) is 21.5 Å². The fraction of sp³-hybridized carbons (Fsp3) is 0.318. The van der Waals surface area contributed by atoms with Crippen LogP contribution >= 0.6 is 0 Å². The number of carbonyl (C=O) groups is 1. The summed E-state index contributed by atoms with van der Waals surface area (Å²) in [4.78, 5) is 14.6. The second-order valence-corrected chi connectivity index (χ2v) is 6.37. The highest BCUT2D eigenvalue weighted by Crippen LogP contribution is 2.40. The van der Waals surface area contributed by atoms with E-state index in [1.807, 2.05) is 44.4 Å². The summed E-state index contributed by atoms with van der Waals surface area (Å²) in [6.45, 7) is 0.978. The fourth-order valence-corrected chi connectivity index (χ4v) is 2.71. The number of ketones is 1. The maximum absolute atomic E-state index is 12.5. The first-order valence-corrected chi connectivity index (χ1v) is 8.75. The molecule has 0 spiro atoms. The van der Waals surface area contributed by atoms with Crippen LogP contribution in [-0.2, 0) is 6.42 Å². The normalized spacial score (nSPS) is 11.0. The summed E-state index contributed by atoms with van der Waals surface area (Å²) in [5.41, 5.74) is 2.61. The second-order valence-electron chi connectivity index (χ2n) is 6.37. The fourth-order valence-electron chi connectivity index (χ4n) is 2.71. The molecular formula is C22H27NO4. The molecule has 0 saturated carbocycles. The van der Waals surface area contributed by atoms with E-state index in [9.17, 15) is 4.79 Å². The highest BCUT2D eigenvalue weighted by Gasteiger charge is 2.14. The molecular weight excluding hydrogens is 342 g/mol. The Labute approximate surface area is 161 Å². The van der Waals surface area contributed by atoms with Crippen LogP contribution in [0.3, 0.4) is 0 Å². The van der Waals surface area contributed by atoms with Gasteiger partial charge in [0.2, 0.25) is 5.75 Å². The van der Waals surface area contributed by atoms with Gasteiger partial charge in [-0.1, -0.05) is 24.3 Å². The largest absolute Gasteiger partial charge is 0.493 e. The smallest absolute Gasteiger partial charge is 0.203 e. The zero-order valence-corrected chi connectivity index (χ0v) is 16.6. The molecule has 0 bridgehead atoms. The monoisotopic (exact) mass is 369 g/mol. The molecule has 0 radical (unpaired) electrons. The number of ether oxygens (including phenoxy) is 3. The first-order chi connectivity index (χ1) is 13.0. The van der Waals surface area contributed by atoms with Crippen molar-refractivity contribution in [2.45, 2.75) is 6.42 Å². The summed E-state index contributed by atoms with van der Waals surface area (Å²) in [5, 5.41) is 0. The second kappa shape index (κ2) is 9.78. The molecule has 5 nitrogen and oxygen atoms in total. The lowest BCUT2D eigenvalue weighted by Crippen LogP contribution is -2.15. The number of carbonyl (C=O) groups excluding carboxylic acids is 1. The van der Waals surface area contributed by atoms with Crippen LogP contribution in [0, 0.1) is 0 Å². The number of nitrogens with zero attached hydrogens (tertiary/aromatic N) is 1. The van der Waals surface area contributed by atoms with Gasteiger partial charge in [0.25, 0.3) is 0 Å². The number of methoxy groups -OCH3 is 3. The topological polar surface area (TPSA) is 48.0 Å². The van der Waals surface area contributed by atoms with E-state index in [4.69, 9.17) is 14.2 Å². The molecule has 0 aliphatic heterocycles. The Morgan fingerprint density at radius 3 is 2.15 bits per heavy atom. The van der Waals surface area contributed by atoms with E-state index in [1.165, 1.54) is 5.56 Å². The molecule has 0 aliphatic rings. The maximum Gasteiger partial charge on any atom is 0.203 e. The highest BCUT2D eigenvalue weighted by molar-refractivity contribution is 6.07. The quantitative estimate of drug-likeness (QED) is 0.498. The van der Waals surface area contributed by atoms with Crippen LogP contribution in [0.5, 0.6) is 17.2 Å². The van der Waals surface area contributed by atoms with Crippen molar-refractivity contribution in [1.82, 2.24) is 4.90 Å². The molecule has 0 N–H and O–H groups in total. The van der Waals surface area contributed by atoms with Gasteiger partial charge in [0.1, 0.15) is 0 Å². The molecule has 144 valence electrons. The minimum Gasteiger partial charge on any atom is -0.493 e. The number of likely N-dealkylation sites (N-methyl/N-ethyl adjacent to an activating group) is 1. The van der Waals surface area contributed by atoms with E-state index >= 15 is 0 Å². The van der Waals surface area contributed by atoms with Crippen LogP contribution in [0.15, 0.2) is 42.5 Å². The van der Waals surface area contributed by atoms with Crippen molar-refractivity contribution >= 4 is 11.9 Å². The van der Waals surface area contributed by atoms with Gasteiger partial charge in [-0.3, -0.25) is 4.79 Å². The predicted molar refractivity (Wildman–Crippen MR) is 108 cm³/mol. The van der Waals surface area contributed by atoms with Gasteiger partial charge in [-0.05, 0) is 50.4 Å². The summed E-state index contributed by atoms with van der Waals surface area (Å²) in [6, 6.07) is 11.3. The number of hydrogen-bond acceptors (Lipinski definition) is 5. The number of hydrogen-bond donors (Lipinski definition) is 0. The summed E-state index contributed by atoms with van der Waals surface area (Å²) < 4.78 is 16.1. The van der Waals surface area contributed by atoms with Crippen molar-refractivity contribution in [3.63, 3.8) is 0 Å². The SMILES string of the molecule is COc1ccc(C=CC(=O)c2ccc(CCN(C)C)cc2)c(OC)c1OC. The van der Waals surface area contributed by atoms with Crippen molar-refractivity contribution in [1.29, 1.82) is 0 Å². The Morgan fingerprint density at radius 1 is 0.926 bits per heavy atom. The molecule has 27 heavy (non-hydrogen) atoms. The van der Waals surface area contributed by atoms with E-state index in [2.05, 4.69) is 4.90 Å². The molecule has 0 fully saturated rings. The Hall–Kier alpha value is -2.79. The average molecular weight is 369 g/mol. The summed E-state index contributed by atoms with van der Waals surface area (Å²) >= 11 is 0. The first-order valence-electron chi connectivity index (χ1n) is 8.75. The average Bonchev–Trinajstić information content (AvgIpc) is 2.69. The molecule has 0 amide bonds. The van der Waals surface area contributed by atoms with Crippen molar-refractivity contribution in [2.24, 2.45) is 0 Å². The van der Waals surface area contributed by atoms with Crippen LogP contribution < -0.4 is 14.2 Å². The Kier molecular flexibility index (Phi) is 7.44. The lowest BCUT2D eigenvalue weighted by atomic mass is 10.0. The summed E-state index contributed by atoms with van der Waals surface area (Å²) in [5.74, 6) is 1.54. The van der Waals surface area contributed by atoms with Crippen LogP contribution in [0.25, 0.3) is 6.08 Å². The van der Waals surface area contributed by atoms with E-state index in [0.29, 0.717) is 22.8 Å². The van der Waals surface area contributed by atoms with Crippen LogP contribution in [0.4, 0.5) is 0 Å². The standard InChI is InChI=1S/C22H27NO4/c1-23(2)15-14-16-6-8-17(9-7-16)19(24)12-10-18-11-13-20(25-3)22(27-5)21(18)26-4/h6-13H,14-15H2,1-5H3. The predicted octanol–water partition coefficient (Wildman–Crippen LogP) is 3.71. The van der Waals surface area contributed by atoms with Gasteiger partial charge in [-0.25, -0.2) is 0 Å². The van der Waals surface area contributed by atoms with Gasteiger partial charge in [-0.15, -0.1) is 0 Å². The third-order valence-corrected chi connectivity index (χ3v) is 4.24. The molecule has 0 saturated heterocycles. The lowest BCUT2D eigenvalue weighted by Gasteiger charge is -2.13. The lowest BCUT2D eigenvalue weighted by molar-refractivity contribution is 0.104. The van der Waals surface area contributed by atoms with Gasteiger partial charge >= 0.3 is 0 Å². The summed E-state index contributed by atoms with van der Waals surface area (Å²) in [7, 11) is 8.77. The maximum atomic E-state index is 12.5. The minimum atomic E-state index is -0.0639. The molecule has 5 heteroatoms. The molecule has 0 unspecified atom stereocenters. The van der Waals surface area contributed by atoms with Crippen molar-refractivity contribution in [2.75, 3.05) is 42.0 Å². The van der Waals surface area contributed by atoms with Gasteiger partial charge in [0.05, 0.1) is 21.3 Å². The molecule has 2 aromatic carbocycles.